The van der Waals surface area contributed by atoms with Crippen LogP contribution in [0, 0.1) is 6.92 Å². The van der Waals surface area contributed by atoms with Gasteiger partial charge in [0.1, 0.15) is 5.52 Å². The first-order valence-corrected chi connectivity index (χ1v) is 5.62. The second kappa shape index (κ2) is 3.94. The highest BCUT2D eigenvalue weighted by atomic mass is 79.9. The Morgan fingerprint density at radius 3 is 3.00 bits per heavy atom. The van der Waals surface area contributed by atoms with E-state index in [2.05, 4.69) is 20.9 Å². The van der Waals surface area contributed by atoms with Crippen molar-refractivity contribution >= 4 is 44.4 Å². The van der Waals surface area contributed by atoms with Crippen molar-refractivity contribution in [1.29, 1.82) is 0 Å². The van der Waals surface area contributed by atoms with Crippen molar-refractivity contribution in [1.82, 2.24) is 4.98 Å². The largest absolute Gasteiger partial charge is 0.441 e. The van der Waals surface area contributed by atoms with Gasteiger partial charge in [-0.3, -0.25) is 4.79 Å². The maximum absolute atomic E-state index is 11.6. The van der Waals surface area contributed by atoms with Gasteiger partial charge in [0.15, 0.2) is 21.5 Å². The molecule has 0 saturated heterocycles. The number of carbonyl (C=O) groups excluding carboxylic acids is 1. The zero-order valence-electron chi connectivity index (χ0n) is 7.83. The number of Topliss-reactive ketones (excluding diaryl/α,β-unsaturated/α-hetero) is 1. The quantitative estimate of drug-likeness (QED) is 0.629. The van der Waals surface area contributed by atoms with Gasteiger partial charge in [-0.1, -0.05) is 15.9 Å². The van der Waals surface area contributed by atoms with Gasteiger partial charge in [-0.2, -0.15) is 0 Å². The average molecular weight is 289 g/mol. The van der Waals surface area contributed by atoms with Crippen LogP contribution in [0.2, 0.25) is 0 Å². The van der Waals surface area contributed by atoms with Crippen LogP contribution in [0.5, 0.6) is 0 Å². The third-order valence-electron chi connectivity index (χ3n) is 1.98. The minimum absolute atomic E-state index is 0.187. The summed E-state index contributed by atoms with van der Waals surface area (Å²) in [5, 5.41) is 0. The number of rotatable bonds is 2. The van der Waals surface area contributed by atoms with Gasteiger partial charge >= 0.3 is 0 Å². The second-order valence-corrected chi connectivity index (χ2v) is 4.96. The summed E-state index contributed by atoms with van der Waals surface area (Å²) in [5.74, 6) is 0.392. The van der Waals surface area contributed by atoms with Crippen LogP contribution in [0.25, 0.3) is 11.1 Å². The molecule has 0 bridgehead atoms. The van der Waals surface area contributed by atoms with Gasteiger partial charge < -0.3 is 4.42 Å². The molecular weight excluding hydrogens is 281 g/mol. The molecule has 0 aliphatic carbocycles. The Kier molecular flexibility index (Phi) is 2.80. The number of alkyl halides is 2. The Bertz CT molecular complexity index is 521. The molecule has 1 atom stereocenters. The number of benzene rings is 1. The summed E-state index contributed by atoms with van der Waals surface area (Å²) in [4.78, 5) is 15.7. The lowest BCUT2D eigenvalue weighted by molar-refractivity contribution is 0.101. The predicted octanol–water partition coefficient (Wildman–Crippen LogP) is 3.28. The van der Waals surface area contributed by atoms with Crippen LogP contribution < -0.4 is 0 Å². The number of nitrogens with zero attached hydrogens (tertiary/aromatic N) is 1. The third-order valence-corrected chi connectivity index (χ3v) is 2.59. The summed E-state index contributed by atoms with van der Waals surface area (Å²) >= 11 is 8.66. The van der Waals surface area contributed by atoms with E-state index in [0.29, 0.717) is 17.0 Å². The van der Waals surface area contributed by atoms with Crippen molar-refractivity contribution in [2.24, 2.45) is 0 Å². The number of aromatic nitrogens is 1. The number of aryl methyl sites for hydroxylation is 1. The van der Waals surface area contributed by atoms with E-state index < -0.39 is 4.29 Å². The summed E-state index contributed by atoms with van der Waals surface area (Å²) in [6.45, 7) is 1.76. The Hall–Kier alpha value is -0.870. The maximum atomic E-state index is 11.6. The van der Waals surface area contributed by atoms with Crippen LogP contribution in [0.15, 0.2) is 22.6 Å². The van der Waals surface area contributed by atoms with E-state index in [-0.39, 0.29) is 5.78 Å². The SMILES string of the molecule is Cc1nc2ccc(C(=O)C(Cl)Br)cc2o1. The Labute approximate surface area is 99.6 Å². The molecule has 0 aliphatic rings. The highest BCUT2D eigenvalue weighted by molar-refractivity contribution is 9.10. The molecule has 1 aromatic heterocycles. The van der Waals surface area contributed by atoms with Gasteiger partial charge in [-0.05, 0) is 18.2 Å². The van der Waals surface area contributed by atoms with Gasteiger partial charge in [-0.15, -0.1) is 11.6 Å². The number of halogens is 2. The minimum Gasteiger partial charge on any atom is -0.441 e. The molecule has 0 amide bonds. The molecule has 78 valence electrons. The Morgan fingerprint density at radius 2 is 2.33 bits per heavy atom. The van der Waals surface area contributed by atoms with Crippen molar-refractivity contribution in [2.45, 2.75) is 11.2 Å². The van der Waals surface area contributed by atoms with E-state index >= 15 is 0 Å². The summed E-state index contributed by atoms with van der Waals surface area (Å²) in [6, 6.07) is 5.07. The summed E-state index contributed by atoms with van der Waals surface area (Å²) in [6.07, 6.45) is 0. The summed E-state index contributed by atoms with van der Waals surface area (Å²) in [5.41, 5.74) is 1.85. The van der Waals surface area contributed by atoms with Gasteiger partial charge in [0, 0.05) is 12.5 Å². The van der Waals surface area contributed by atoms with E-state index in [1.807, 2.05) is 0 Å². The molecule has 0 N–H and O–H groups in total. The summed E-state index contributed by atoms with van der Waals surface area (Å²) < 4.78 is 4.61. The van der Waals surface area contributed by atoms with Crippen LogP contribution >= 0.6 is 27.5 Å². The predicted molar refractivity (Wildman–Crippen MR) is 61.6 cm³/mol. The van der Waals surface area contributed by atoms with Crippen molar-refractivity contribution in [3.05, 3.63) is 29.7 Å². The van der Waals surface area contributed by atoms with Crippen LogP contribution in [0.4, 0.5) is 0 Å². The van der Waals surface area contributed by atoms with Gasteiger partial charge in [0.25, 0.3) is 0 Å². The van der Waals surface area contributed by atoms with Crippen LogP contribution in [-0.4, -0.2) is 15.1 Å². The van der Waals surface area contributed by atoms with E-state index in [1.54, 1.807) is 25.1 Å². The fraction of sp³-hybridized carbons (Fsp3) is 0.200. The first-order valence-electron chi connectivity index (χ1n) is 4.27. The molecule has 0 fully saturated rings. The molecule has 5 heteroatoms. The van der Waals surface area contributed by atoms with Gasteiger partial charge in [0.05, 0.1) is 0 Å². The molecule has 2 aromatic rings. The monoisotopic (exact) mass is 287 g/mol. The molecule has 0 spiro atoms. The zero-order valence-corrected chi connectivity index (χ0v) is 10.2. The second-order valence-electron chi connectivity index (χ2n) is 3.08. The molecule has 15 heavy (non-hydrogen) atoms. The highest BCUT2D eigenvalue weighted by Gasteiger charge is 2.15. The third kappa shape index (κ3) is 2.06. The van der Waals surface area contributed by atoms with Crippen molar-refractivity contribution in [3.8, 4) is 0 Å². The zero-order chi connectivity index (χ0) is 11.0. The molecule has 0 radical (unpaired) electrons. The molecule has 0 saturated carbocycles. The fourth-order valence-electron chi connectivity index (χ4n) is 1.32. The number of hydrogen-bond donors (Lipinski definition) is 0. The number of hydrogen-bond acceptors (Lipinski definition) is 3. The standard InChI is InChI=1S/C10H7BrClNO2/c1-5-13-7-3-2-6(4-8(7)15-5)9(14)10(11)12/h2-4,10H,1H3. The number of ketones is 1. The normalized spacial score (nSPS) is 13.0. The first-order chi connectivity index (χ1) is 7.08. The number of fused-ring (bicyclic) bond motifs is 1. The molecule has 3 nitrogen and oxygen atoms in total. The van der Waals surface area contributed by atoms with Crippen molar-refractivity contribution in [3.63, 3.8) is 0 Å². The van der Waals surface area contributed by atoms with E-state index in [4.69, 9.17) is 16.0 Å². The maximum Gasteiger partial charge on any atom is 0.192 e. The van der Waals surface area contributed by atoms with E-state index in [1.165, 1.54) is 0 Å². The topological polar surface area (TPSA) is 43.1 Å². The minimum atomic E-state index is -0.709. The summed E-state index contributed by atoms with van der Waals surface area (Å²) in [7, 11) is 0. The molecule has 2 rings (SSSR count). The number of oxazole rings is 1. The van der Waals surface area contributed by atoms with Crippen LogP contribution in [-0.2, 0) is 0 Å². The smallest absolute Gasteiger partial charge is 0.192 e. The first kappa shape index (κ1) is 10.6. The van der Waals surface area contributed by atoms with E-state index in [9.17, 15) is 4.79 Å². The lowest BCUT2D eigenvalue weighted by Crippen LogP contribution is -2.06. The van der Waals surface area contributed by atoms with Gasteiger partial charge in [-0.25, -0.2) is 4.98 Å². The molecule has 1 heterocycles. The molecule has 0 aliphatic heterocycles. The Morgan fingerprint density at radius 1 is 1.60 bits per heavy atom. The van der Waals surface area contributed by atoms with Crippen LogP contribution in [0.3, 0.4) is 0 Å². The lowest BCUT2D eigenvalue weighted by atomic mass is 10.1. The number of carbonyl (C=O) groups is 1. The van der Waals surface area contributed by atoms with Crippen LogP contribution in [0.1, 0.15) is 16.2 Å². The highest BCUT2D eigenvalue weighted by Crippen LogP contribution is 2.20. The van der Waals surface area contributed by atoms with Crippen molar-refractivity contribution in [2.75, 3.05) is 0 Å². The van der Waals surface area contributed by atoms with Gasteiger partial charge in [0.2, 0.25) is 0 Å². The average Bonchev–Trinajstić information content (AvgIpc) is 2.55. The van der Waals surface area contributed by atoms with Crippen molar-refractivity contribution < 1.29 is 9.21 Å². The fourth-order valence-corrected chi connectivity index (χ4v) is 1.71. The lowest BCUT2D eigenvalue weighted by Gasteiger charge is -1.99. The molecule has 1 unspecified atom stereocenters. The van der Waals surface area contributed by atoms with E-state index in [0.717, 1.165) is 5.52 Å². The Balaban J connectivity index is 2.51. The molecular formula is C10H7BrClNO2. The molecule has 1 aromatic carbocycles.